The van der Waals surface area contributed by atoms with Crippen molar-refractivity contribution in [1.82, 2.24) is 10.6 Å². The van der Waals surface area contributed by atoms with Crippen molar-refractivity contribution < 1.29 is 23.8 Å². The van der Waals surface area contributed by atoms with Crippen LogP contribution in [0, 0.1) is 5.92 Å². The van der Waals surface area contributed by atoms with Gasteiger partial charge < -0.3 is 29.7 Å². The molecule has 1 fully saturated rings. The zero-order valence-corrected chi connectivity index (χ0v) is 30.0. The number of carbonyl (C=O) groups excluding carboxylic acids is 2. The largest absolute Gasteiger partial charge is 0.504 e. The van der Waals surface area contributed by atoms with Crippen molar-refractivity contribution in [1.29, 1.82) is 0 Å². The first-order valence-corrected chi connectivity index (χ1v) is 17.5. The third kappa shape index (κ3) is 9.85. The van der Waals surface area contributed by atoms with Crippen molar-refractivity contribution in [3.05, 3.63) is 101 Å². The Hall–Kier alpha value is -4.37. The number of aliphatic imine (C=N–C) groups is 1. The van der Waals surface area contributed by atoms with Gasteiger partial charge in [-0.05, 0) is 66.7 Å². The monoisotopic (exact) mass is 670 g/mol. The number of nitrogens with one attached hydrogen (secondary N) is 2. The van der Waals surface area contributed by atoms with Crippen molar-refractivity contribution in [2.75, 3.05) is 52.0 Å². The van der Waals surface area contributed by atoms with Gasteiger partial charge in [0.1, 0.15) is 30.0 Å². The number of allylic oxidation sites excluding steroid dienone is 7. The van der Waals surface area contributed by atoms with Gasteiger partial charge in [0.05, 0.1) is 26.5 Å². The Kier molecular flexibility index (Phi) is 14.1. The van der Waals surface area contributed by atoms with E-state index in [0.29, 0.717) is 75.0 Å². The lowest BCUT2D eigenvalue weighted by Crippen LogP contribution is -2.61. The van der Waals surface area contributed by atoms with Gasteiger partial charge >= 0.3 is 0 Å². The quantitative estimate of drug-likeness (QED) is 0.107. The first-order valence-electron chi connectivity index (χ1n) is 17.5. The van der Waals surface area contributed by atoms with E-state index in [4.69, 9.17) is 19.2 Å². The molecular formula is C40H54N4O5. The van der Waals surface area contributed by atoms with E-state index in [-0.39, 0.29) is 5.91 Å². The summed E-state index contributed by atoms with van der Waals surface area (Å²) in [5.41, 5.74) is 5.75. The van der Waals surface area contributed by atoms with Crippen LogP contribution >= 0.6 is 0 Å². The van der Waals surface area contributed by atoms with Crippen LogP contribution in [-0.2, 0) is 25.4 Å². The summed E-state index contributed by atoms with van der Waals surface area (Å²) in [7, 11) is 3.66. The number of likely N-dealkylation sites (N-methyl/N-ethyl adjacent to an activating group) is 1. The highest BCUT2D eigenvalue weighted by Crippen LogP contribution is 2.30. The number of ether oxygens (including phenoxy) is 3. The Morgan fingerprint density at radius 2 is 2.04 bits per heavy atom. The van der Waals surface area contributed by atoms with Crippen LogP contribution in [0.15, 0.2) is 94.6 Å². The molecule has 1 atom stereocenters. The van der Waals surface area contributed by atoms with E-state index in [1.165, 1.54) is 5.56 Å². The molecular weight excluding hydrogens is 616 g/mol. The van der Waals surface area contributed by atoms with Gasteiger partial charge in [-0.15, -0.1) is 0 Å². The molecule has 2 aliphatic heterocycles. The molecule has 1 aromatic rings. The number of anilines is 1. The Bertz CT molecular complexity index is 1530. The molecule has 0 saturated carbocycles. The number of amides is 1. The number of nitrogens with zero attached hydrogens (tertiary/aromatic N) is 2. The standard InChI is InChI=1S/C40H54N4O5/c1-7-10-30(9-3)25-32-14-15-33(26-36(32)44(5)20-24-49-37(17-21-47-6)29(4)8-2)38(46)43-40(18-22-48-23-19-40)39-41-27-34-13-11-31(28-45)12-16-35(34)42-39/h8,11-12,14-17,21,26,28,30H,2,7,9-10,13,18-20,22-25,27H2,1,3-6H3,(H,41,42)(H,43,46)/b21-17+,37-29+. The fraction of sp³-hybridized carbons (Fsp3) is 0.475. The Labute approximate surface area is 292 Å². The molecule has 2 heterocycles. The fourth-order valence-corrected chi connectivity index (χ4v) is 6.47. The summed E-state index contributed by atoms with van der Waals surface area (Å²) in [6, 6.07) is 6.09. The molecule has 9 nitrogen and oxygen atoms in total. The maximum absolute atomic E-state index is 14.2. The molecule has 1 aliphatic carbocycles. The molecule has 2 N–H and O–H groups in total. The van der Waals surface area contributed by atoms with Crippen LogP contribution in [0.5, 0.6) is 0 Å². The van der Waals surface area contributed by atoms with Crippen LogP contribution in [0.1, 0.15) is 75.2 Å². The van der Waals surface area contributed by atoms with Gasteiger partial charge in [0.25, 0.3) is 5.91 Å². The first kappa shape index (κ1) is 37.4. The van der Waals surface area contributed by atoms with E-state index in [0.717, 1.165) is 60.3 Å². The predicted molar refractivity (Wildman–Crippen MR) is 198 cm³/mol. The lowest BCUT2D eigenvalue weighted by molar-refractivity contribution is -0.104. The number of amidine groups is 1. The molecule has 9 heteroatoms. The smallest absolute Gasteiger partial charge is 0.252 e. The summed E-state index contributed by atoms with van der Waals surface area (Å²) in [5.74, 6) is 1.85. The number of rotatable bonds is 17. The second-order valence-corrected chi connectivity index (χ2v) is 13.0. The SMILES string of the molecule is C=C/C(C)=C(\C=C\OC)OCCN(C)c1cc(C(=O)NC2(C3=NCC4=C(C=CC(C=O)=CC4)N3)CCOCC2)ccc1CC(CC)CCC. The highest BCUT2D eigenvalue weighted by atomic mass is 16.5. The molecule has 0 radical (unpaired) electrons. The van der Waals surface area contributed by atoms with E-state index in [2.05, 4.69) is 49.1 Å². The average molecular weight is 671 g/mol. The molecule has 0 spiro atoms. The highest BCUT2D eigenvalue weighted by Gasteiger charge is 2.41. The third-order valence-corrected chi connectivity index (χ3v) is 9.65. The zero-order valence-electron chi connectivity index (χ0n) is 30.0. The Morgan fingerprint density at radius 3 is 2.73 bits per heavy atom. The number of benzene rings is 1. The van der Waals surface area contributed by atoms with E-state index in [1.807, 2.05) is 37.3 Å². The Balaban J connectivity index is 1.58. The van der Waals surface area contributed by atoms with E-state index < -0.39 is 5.54 Å². The molecule has 0 aromatic heterocycles. The van der Waals surface area contributed by atoms with Crippen molar-refractivity contribution in [3.63, 3.8) is 0 Å². The summed E-state index contributed by atoms with van der Waals surface area (Å²) in [6.07, 6.45) is 17.9. The molecule has 1 aromatic carbocycles. The minimum absolute atomic E-state index is 0.151. The minimum atomic E-state index is -0.705. The van der Waals surface area contributed by atoms with Crippen molar-refractivity contribution in [3.8, 4) is 0 Å². The van der Waals surface area contributed by atoms with E-state index in [9.17, 15) is 9.59 Å². The molecule has 1 saturated heterocycles. The zero-order chi connectivity index (χ0) is 35.2. The summed E-state index contributed by atoms with van der Waals surface area (Å²) < 4.78 is 17.0. The summed E-state index contributed by atoms with van der Waals surface area (Å²) >= 11 is 0. The molecule has 3 aliphatic rings. The van der Waals surface area contributed by atoms with Crippen molar-refractivity contribution >= 4 is 23.7 Å². The second kappa shape index (κ2) is 18.4. The van der Waals surface area contributed by atoms with Crippen LogP contribution < -0.4 is 15.5 Å². The third-order valence-electron chi connectivity index (χ3n) is 9.65. The maximum atomic E-state index is 14.2. The molecule has 1 amide bonds. The first-order chi connectivity index (χ1) is 23.8. The topological polar surface area (TPSA) is 101 Å². The molecule has 49 heavy (non-hydrogen) atoms. The van der Waals surface area contributed by atoms with Crippen LogP contribution in [0.25, 0.3) is 0 Å². The van der Waals surface area contributed by atoms with Crippen molar-refractivity contribution in [2.24, 2.45) is 10.9 Å². The molecule has 1 unspecified atom stereocenters. The van der Waals surface area contributed by atoms with Crippen molar-refractivity contribution in [2.45, 2.75) is 71.3 Å². The van der Waals surface area contributed by atoms with Gasteiger partial charge in [-0.1, -0.05) is 57.9 Å². The van der Waals surface area contributed by atoms with Gasteiger partial charge in [-0.25, -0.2) is 0 Å². The minimum Gasteiger partial charge on any atom is -0.504 e. The number of aldehydes is 1. The van der Waals surface area contributed by atoms with E-state index >= 15 is 0 Å². The predicted octanol–water partition coefficient (Wildman–Crippen LogP) is 6.75. The molecule has 0 bridgehead atoms. The lowest BCUT2D eigenvalue weighted by Gasteiger charge is -2.40. The molecule has 264 valence electrons. The maximum Gasteiger partial charge on any atom is 0.252 e. The summed E-state index contributed by atoms with van der Waals surface area (Å²) in [6.45, 7) is 12.9. The number of methoxy groups -OCH3 is 1. The normalized spacial score (nSPS) is 18.2. The summed E-state index contributed by atoms with van der Waals surface area (Å²) in [5, 5.41) is 6.92. The van der Waals surface area contributed by atoms with Gasteiger partial charge in [0.2, 0.25) is 0 Å². The highest BCUT2D eigenvalue weighted by molar-refractivity contribution is 6.02. The summed E-state index contributed by atoms with van der Waals surface area (Å²) in [4.78, 5) is 32.7. The van der Waals surface area contributed by atoms with Gasteiger partial charge in [0, 0.05) is 61.7 Å². The number of carbonyl (C=O) groups is 2. The van der Waals surface area contributed by atoms with Gasteiger partial charge in [-0.3, -0.25) is 14.6 Å². The molecule has 4 rings (SSSR count). The average Bonchev–Trinajstić information content (AvgIpc) is 3.34. The Morgan fingerprint density at radius 1 is 1.24 bits per heavy atom. The number of hydrogen-bond acceptors (Lipinski definition) is 8. The fourth-order valence-electron chi connectivity index (χ4n) is 6.47. The van der Waals surface area contributed by atoms with Crippen LogP contribution in [0.4, 0.5) is 5.69 Å². The van der Waals surface area contributed by atoms with E-state index in [1.54, 1.807) is 25.5 Å². The van der Waals surface area contributed by atoms with Gasteiger partial charge in [0.15, 0.2) is 0 Å². The van der Waals surface area contributed by atoms with Gasteiger partial charge in [-0.2, -0.15) is 0 Å². The second-order valence-electron chi connectivity index (χ2n) is 13.0. The lowest BCUT2D eigenvalue weighted by atomic mass is 9.86. The van der Waals surface area contributed by atoms with Crippen LogP contribution in [-0.4, -0.2) is 70.6 Å². The van der Waals surface area contributed by atoms with Crippen LogP contribution in [0.3, 0.4) is 0 Å². The van der Waals surface area contributed by atoms with Crippen LogP contribution in [0.2, 0.25) is 0 Å². The number of hydrogen-bond donors (Lipinski definition) is 2.